The van der Waals surface area contributed by atoms with Gasteiger partial charge in [0.15, 0.2) is 0 Å². The van der Waals surface area contributed by atoms with E-state index in [1.807, 2.05) is 3.59 Å². The Labute approximate surface area is 135 Å². The average molecular weight is 483 g/mol. The molecule has 0 saturated heterocycles. The van der Waals surface area contributed by atoms with Crippen LogP contribution in [0, 0.1) is 0 Å². The van der Waals surface area contributed by atoms with E-state index in [1.165, 1.54) is 70.6 Å². The Kier molecular flexibility index (Phi) is 10.5. The van der Waals surface area contributed by atoms with Crippen molar-refractivity contribution < 1.29 is 0 Å². The molecule has 1 aliphatic rings. The molecular weight excluding hydrogens is 450 g/mol. The van der Waals surface area contributed by atoms with Crippen LogP contribution >= 0.6 is 18.6 Å². The van der Waals surface area contributed by atoms with Crippen molar-refractivity contribution in [3.05, 3.63) is 9.67 Å². The van der Waals surface area contributed by atoms with Gasteiger partial charge >= 0.3 is 136 Å². The fourth-order valence-corrected chi connectivity index (χ4v) is 22.5. The first-order valence-corrected chi connectivity index (χ1v) is 22.4. The molecule has 0 aliphatic heterocycles. The zero-order valence-corrected chi connectivity index (χ0v) is 18.2. The van der Waals surface area contributed by atoms with Gasteiger partial charge in [-0.2, -0.15) is 0 Å². The molecule has 0 unspecified atom stereocenters. The van der Waals surface area contributed by atoms with E-state index in [-0.39, 0.29) is 0 Å². The Bertz CT molecular complexity index is 252. The monoisotopic (exact) mass is 484 g/mol. The van der Waals surface area contributed by atoms with Crippen molar-refractivity contribution in [2.75, 3.05) is 0 Å². The van der Waals surface area contributed by atoms with Gasteiger partial charge in [0, 0.05) is 0 Å². The maximum absolute atomic E-state index is 3.03. The Morgan fingerprint density at radius 3 is 2.16 bits per heavy atom. The first kappa shape index (κ1) is 18.3. The summed E-state index contributed by atoms with van der Waals surface area (Å²) in [6.07, 6.45) is 18.7. The van der Waals surface area contributed by atoms with Crippen LogP contribution in [0.15, 0.2) is 9.67 Å². The molecule has 0 spiro atoms. The van der Waals surface area contributed by atoms with Crippen LogP contribution in [-0.2, 0) is 0 Å². The van der Waals surface area contributed by atoms with Crippen molar-refractivity contribution >= 4 is 33.0 Å². The summed E-state index contributed by atoms with van der Waals surface area (Å²) in [5, 5.41) is 0. The van der Waals surface area contributed by atoms with Crippen molar-refractivity contribution in [1.29, 1.82) is 0 Å². The van der Waals surface area contributed by atoms with E-state index < -0.39 is 14.4 Å². The van der Waals surface area contributed by atoms with E-state index in [0.717, 1.165) is 0 Å². The summed E-state index contributed by atoms with van der Waals surface area (Å²) in [5.74, 6) is 0. The third-order valence-corrected chi connectivity index (χ3v) is 27.5. The zero-order chi connectivity index (χ0) is 14.0. The predicted octanol–water partition coefficient (Wildman–Crippen LogP) is 7.18. The van der Waals surface area contributed by atoms with Crippen molar-refractivity contribution in [2.24, 2.45) is 0 Å². The normalized spacial score (nSPS) is 21.1. The van der Waals surface area contributed by atoms with Gasteiger partial charge in [-0.1, -0.05) is 0 Å². The zero-order valence-electron chi connectivity index (χ0n) is 13.1. The second-order valence-electron chi connectivity index (χ2n) is 6.21. The molecule has 0 bridgehead atoms. The molecule has 0 amide bonds. The SMILES string of the molecule is CCC[CH2][Sn]([I])([CH2]CCC)/[C]1=C/CCCCCCC1. The van der Waals surface area contributed by atoms with Crippen LogP contribution < -0.4 is 0 Å². The number of hydrogen-bond donors (Lipinski definition) is 0. The van der Waals surface area contributed by atoms with Gasteiger partial charge in [0.1, 0.15) is 0 Å². The Hall–Kier alpha value is 1.27. The number of allylic oxidation sites excluding steroid dienone is 2. The van der Waals surface area contributed by atoms with Crippen molar-refractivity contribution in [3.63, 3.8) is 0 Å². The molecule has 0 saturated carbocycles. The Morgan fingerprint density at radius 1 is 0.947 bits per heavy atom. The molecule has 0 aromatic carbocycles. The molecule has 0 heterocycles. The van der Waals surface area contributed by atoms with Gasteiger partial charge in [-0.25, -0.2) is 0 Å². The van der Waals surface area contributed by atoms with Gasteiger partial charge < -0.3 is 0 Å². The summed E-state index contributed by atoms with van der Waals surface area (Å²) in [5.41, 5.74) is 0. The summed E-state index contributed by atoms with van der Waals surface area (Å²) in [6, 6.07) is 0. The van der Waals surface area contributed by atoms with Crippen LogP contribution in [0.3, 0.4) is 0 Å². The summed E-state index contributed by atoms with van der Waals surface area (Å²) in [7, 11) is 0. The van der Waals surface area contributed by atoms with E-state index in [9.17, 15) is 0 Å². The minimum atomic E-state index is -1.96. The molecular formula is C17H33ISn. The minimum absolute atomic E-state index is 1.38. The third-order valence-electron chi connectivity index (χ3n) is 4.47. The van der Waals surface area contributed by atoms with Gasteiger partial charge in [0.2, 0.25) is 0 Å². The molecule has 0 fully saturated rings. The second kappa shape index (κ2) is 10.9. The van der Waals surface area contributed by atoms with Crippen LogP contribution in [0.1, 0.15) is 84.5 Å². The van der Waals surface area contributed by atoms with Gasteiger partial charge in [-0.15, -0.1) is 0 Å². The molecule has 112 valence electrons. The standard InChI is InChI=1S/C9H15.2C4H9.HI.Sn/c1-2-4-6-8-9-7-5-3-1;2*1-3-4-2;;/h1H,2,4-9H2;2*1,3-4H2,2H3;1H;/q;;;;+1/p-1. The van der Waals surface area contributed by atoms with Crippen LogP contribution in [0.2, 0.25) is 8.87 Å². The predicted molar refractivity (Wildman–Crippen MR) is 99.6 cm³/mol. The van der Waals surface area contributed by atoms with Crippen LogP contribution in [0.25, 0.3) is 0 Å². The second-order valence-corrected chi connectivity index (χ2v) is 30.3. The molecule has 0 nitrogen and oxygen atoms in total. The maximum atomic E-state index is 3.03. The number of unbranched alkanes of at least 4 members (excludes halogenated alkanes) is 2. The number of halogens is 1. The molecule has 1 aliphatic carbocycles. The van der Waals surface area contributed by atoms with E-state index in [0.29, 0.717) is 0 Å². The van der Waals surface area contributed by atoms with Crippen molar-refractivity contribution in [2.45, 2.75) is 93.3 Å². The van der Waals surface area contributed by atoms with E-state index in [2.05, 4.69) is 38.6 Å². The average Bonchev–Trinajstić information content (AvgIpc) is 2.56. The van der Waals surface area contributed by atoms with E-state index in [1.54, 1.807) is 8.87 Å². The summed E-state index contributed by atoms with van der Waals surface area (Å²) >= 11 is 1.06. The van der Waals surface area contributed by atoms with Crippen LogP contribution in [0.4, 0.5) is 0 Å². The van der Waals surface area contributed by atoms with Gasteiger partial charge in [0.25, 0.3) is 0 Å². The number of hydrogen-bond acceptors (Lipinski definition) is 0. The van der Waals surface area contributed by atoms with E-state index >= 15 is 0 Å². The third kappa shape index (κ3) is 7.19. The molecule has 0 aromatic heterocycles. The molecule has 0 aromatic rings. The summed E-state index contributed by atoms with van der Waals surface area (Å²) < 4.78 is 5.23. The first-order chi connectivity index (χ1) is 9.23. The fourth-order valence-electron chi connectivity index (χ4n) is 3.14. The Morgan fingerprint density at radius 2 is 1.53 bits per heavy atom. The first-order valence-electron chi connectivity index (χ1n) is 8.61. The van der Waals surface area contributed by atoms with E-state index in [4.69, 9.17) is 0 Å². The number of rotatable bonds is 7. The fraction of sp³-hybridized carbons (Fsp3) is 0.882. The molecule has 0 radical (unpaired) electrons. The quantitative estimate of drug-likeness (QED) is 0.266. The van der Waals surface area contributed by atoms with Gasteiger partial charge in [-0.05, 0) is 0 Å². The molecule has 2 heteroatoms. The molecule has 0 atom stereocenters. The molecule has 19 heavy (non-hydrogen) atoms. The van der Waals surface area contributed by atoms with Crippen molar-refractivity contribution in [1.82, 2.24) is 0 Å². The van der Waals surface area contributed by atoms with Gasteiger partial charge in [-0.3, -0.25) is 0 Å². The molecule has 0 N–H and O–H groups in total. The topological polar surface area (TPSA) is 0 Å². The Balaban J connectivity index is 2.72. The molecule has 1 rings (SSSR count). The van der Waals surface area contributed by atoms with Crippen LogP contribution in [0.5, 0.6) is 0 Å². The van der Waals surface area contributed by atoms with Gasteiger partial charge in [0.05, 0.1) is 0 Å². The van der Waals surface area contributed by atoms with Crippen LogP contribution in [-0.4, -0.2) is 14.4 Å². The van der Waals surface area contributed by atoms with Crippen molar-refractivity contribution in [3.8, 4) is 0 Å². The summed E-state index contributed by atoms with van der Waals surface area (Å²) in [4.78, 5) is 0. The summed E-state index contributed by atoms with van der Waals surface area (Å²) in [6.45, 7) is 4.72.